The van der Waals surface area contributed by atoms with Crippen LogP contribution >= 0.6 is 0 Å². The van der Waals surface area contributed by atoms with E-state index in [1.54, 1.807) is 19.1 Å². The number of carboxylic acid groups (broad SMARTS) is 1. The lowest BCUT2D eigenvalue weighted by atomic mass is 10.2. The Labute approximate surface area is 134 Å². The van der Waals surface area contributed by atoms with Gasteiger partial charge in [-0.15, -0.1) is 0 Å². The van der Waals surface area contributed by atoms with E-state index in [2.05, 4.69) is 14.7 Å². The zero-order chi connectivity index (χ0) is 17.3. The van der Waals surface area contributed by atoms with Gasteiger partial charge in [0.2, 0.25) is 5.88 Å². The first-order valence-corrected chi connectivity index (χ1v) is 6.76. The van der Waals surface area contributed by atoms with E-state index in [4.69, 9.17) is 9.84 Å². The van der Waals surface area contributed by atoms with Gasteiger partial charge >= 0.3 is 6.16 Å². The number of aromatic nitrogens is 3. The van der Waals surface area contributed by atoms with Crippen LogP contribution in [0.1, 0.15) is 11.3 Å². The molecule has 3 heterocycles. The van der Waals surface area contributed by atoms with Gasteiger partial charge in [0.1, 0.15) is 12.3 Å². The van der Waals surface area contributed by atoms with Gasteiger partial charge in [-0.25, -0.2) is 18.6 Å². The minimum atomic E-state index is -1.48. The number of hydrogen-bond donors (Lipinski definition) is 1. The molecule has 0 bridgehead atoms. The molecule has 0 aliphatic heterocycles. The molecular weight excluding hydrogens is 324 g/mol. The lowest BCUT2D eigenvalue weighted by molar-refractivity contribution is 0.141. The molecule has 3 aromatic rings. The van der Waals surface area contributed by atoms with Gasteiger partial charge in [-0.1, -0.05) is 0 Å². The van der Waals surface area contributed by atoms with Crippen molar-refractivity contribution in [3.05, 3.63) is 53.6 Å². The van der Waals surface area contributed by atoms with Crippen molar-refractivity contribution in [3.63, 3.8) is 0 Å². The molecule has 0 spiro atoms. The number of hydrogen-bond acceptors (Lipinski definition) is 5. The average molecular weight is 335 g/mol. The Morgan fingerprint density at radius 1 is 1.33 bits per heavy atom. The molecule has 7 nitrogen and oxygen atoms in total. The van der Waals surface area contributed by atoms with Gasteiger partial charge in [-0.2, -0.15) is 0 Å². The number of pyridine rings is 2. The highest BCUT2D eigenvalue weighted by atomic mass is 19.1. The average Bonchev–Trinajstić information content (AvgIpc) is 2.83. The van der Waals surface area contributed by atoms with Gasteiger partial charge in [-0.3, -0.25) is 9.38 Å². The van der Waals surface area contributed by atoms with Gasteiger partial charge in [-0.05, 0) is 19.1 Å². The zero-order valence-electron chi connectivity index (χ0n) is 12.4. The monoisotopic (exact) mass is 335 g/mol. The fraction of sp³-hybridized carbons (Fsp3) is 0.133. The minimum absolute atomic E-state index is 0.0178. The molecule has 3 aromatic heterocycles. The van der Waals surface area contributed by atoms with E-state index in [1.807, 2.05) is 0 Å². The number of ether oxygens (including phenoxy) is 2. The minimum Gasteiger partial charge on any atom is -0.485 e. The second-order valence-corrected chi connectivity index (χ2v) is 4.81. The largest absolute Gasteiger partial charge is 0.512 e. The third-order valence-corrected chi connectivity index (χ3v) is 3.24. The maximum atomic E-state index is 13.6. The Morgan fingerprint density at radius 2 is 2.04 bits per heavy atom. The first-order valence-electron chi connectivity index (χ1n) is 6.76. The summed E-state index contributed by atoms with van der Waals surface area (Å²) in [4.78, 5) is 18.3. The summed E-state index contributed by atoms with van der Waals surface area (Å²) in [5.74, 6) is -1.41. The van der Waals surface area contributed by atoms with Gasteiger partial charge in [0, 0.05) is 6.20 Å². The molecule has 0 unspecified atom stereocenters. The van der Waals surface area contributed by atoms with Crippen LogP contribution in [0, 0.1) is 18.6 Å². The maximum Gasteiger partial charge on any atom is 0.512 e. The predicted octanol–water partition coefficient (Wildman–Crippen LogP) is 2.95. The molecule has 0 radical (unpaired) electrons. The predicted molar refractivity (Wildman–Crippen MR) is 77.1 cm³/mol. The number of imidazole rings is 1. The van der Waals surface area contributed by atoms with Crippen molar-refractivity contribution in [1.82, 2.24) is 14.4 Å². The van der Waals surface area contributed by atoms with E-state index in [1.165, 1.54) is 10.6 Å². The zero-order valence-corrected chi connectivity index (χ0v) is 12.4. The standard InChI is InChI=1S/C15H11F2N3O4/c1-8-14(24-15(21)22)20-4-2-3-12(13(20)19-8)23-7-9-10(16)5-18-6-11(9)17/h2-6H,7H2,1H3,(H,21,22). The smallest absolute Gasteiger partial charge is 0.485 e. The van der Waals surface area contributed by atoms with E-state index in [0.717, 1.165) is 12.4 Å². The maximum absolute atomic E-state index is 13.6. The molecule has 3 rings (SSSR count). The molecule has 0 aliphatic rings. The van der Waals surface area contributed by atoms with E-state index in [9.17, 15) is 13.6 Å². The van der Waals surface area contributed by atoms with Gasteiger partial charge in [0.25, 0.3) is 0 Å². The number of aryl methyl sites for hydroxylation is 1. The first kappa shape index (κ1) is 15.7. The van der Waals surface area contributed by atoms with Crippen LogP contribution in [0.2, 0.25) is 0 Å². The van der Waals surface area contributed by atoms with E-state index in [0.29, 0.717) is 5.69 Å². The quantitative estimate of drug-likeness (QED) is 0.738. The van der Waals surface area contributed by atoms with Crippen molar-refractivity contribution < 1.29 is 28.2 Å². The molecule has 0 saturated heterocycles. The summed E-state index contributed by atoms with van der Waals surface area (Å²) in [5.41, 5.74) is 0.327. The number of halogens is 2. The molecule has 9 heteroatoms. The molecule has 124 valence electrons. The van der Waals surface area contributed by atoms with Crippen molar-refractivity contribution in [2.75, 3.05) is 0 Å². The number of carbonyl (C=O) groups is 1. The van der Waals surface area contributed by atoms with Crippen molar-refractivity contribution in [2.24, 2.45) is 0 Å². The third kappa shape index (κ3) is 2.83. The van der Waals surface area contributed by atoms with Crippen LogP contribution in [0.4, 0.5) is 13.6 Å². The fourth-order valence-electron chi connectivity index (χ4n) is 2.18. The summed E-state index contributed by atoms with van der Waals surface area (Å²) >= 11 is 0. The molecule has 1 N–H and O–H groups in total. The van der Waals surface area contributed by atoms with Crippen molar-refractivity contribution in [2.45, 2.75) is 13.5 Å². The molecular formula is C15H11F2N3O4. The van der Waals surface area contributed by atoms with Crippen LogP contribution < -0.4 is 9.47 Å². The third-order valence-electron chi connectivity index (χ3n) is 3.24. The Bertz CT molecular complexity index is 906. The summed E-state index contributed by atoms with van der Waals surface area (Å²) in [6.07, 6.45) is 1.84. The Morgan fingerprint density at radius 3 is 2.71 bits per heavy atom. The second-order valence-electron chi connectivity index (χ2n) is 4.81. The number of fused-ring (bicyclic) bond motifs is 1. The summed E-state index contributed by atoms with van der Waals surface area (Å²) < 4.78 is 38.7. The summed E-state index contributed by atoms with van der Waals surface area (Å²) in [5, 5.41) is 8.77. The molecule has 0 fully saturated rings. The molecule has 0 atom stereocenters. The SMILES string of the molecule is Cc1nc2c(OCc3c(F)cncc3F)cccn2c1OC(=O)O. The van der Waals surface area contributed by atoms with Gasteiger partial charge < -0.3 is 14.6 Å². The summed E-state index contributed by atoms with van der Waals surface area (Å²) in [7, 11) is 0. The highest BCUT2D eigenvalue weighted by Crippen LogP contribution is 2.27. The van der Waals surface area contributed by atoms with Crippen molar-refractivity contribution in [1.29, 1.82) is 0 Å². The fourth-order valence-corrected chi connectivity index (χ4v) is 2.18. The van der Waals surface area contributed by atoms with Crippen molar-refractivity contribution >= 4 is 11.8 Å². The number of nitrogens with zero attached hydrogens (tertiary/aromatic N) is 3. The second kappa shape index (κ2) is 6.11. The molecule has 0 aliphatic carbocycles. The Kier molecular flexibility index (Phi) is 3.98. The van der Waals surface area contributed by atoms with Crippen molar-refractivity contribution in [3.8, 4) is 11.6 Å². The van der Waals surface area contributed by atoms with Crippen LogP contribution in [0.25, 0.3) is 5.65 Å². The van der Waals surface area contributed by atoms with E-state index in [-0.39, 0.29) is 29.4 Å². The van der Waals surface area contributed by atoms with Crippen LogP contribution in [-0.2, 0) is 6.61 Å². The molecule has 24 heavy (non-hydrogen) atoms. The van der Waals surface area contributed by atoms with E-state index >= 15 is 0 Å². The highest BCUT2D eigenvalue weighted by molar-refractivity contribution is 5.64. The van der Waals surface area contributed by atoms with Crippen LogP contribution in [-0.4, -0.2) is 25.6 Å². The molecule has 0 amide bonds. The topological polar surface area (TPSA) is 86.0 Å². The number of rotatable bonds is 4. The molecule has 0 saturated carbocycles. The molecule has 0 aromatic carbocycles. The lowest BCUT2D eigenvalue weighted by Crippen LogP contribution is -2.06. The van der Waals surface area contributed by atoms with Crippen LogP contribution in [0.15, 0.2) is 30.7 Å². The Balaban J connectivity index is 1.94. The van der Waals surface area contributed by atoms with Crippen LogP contribution in [0.5, 0.6) is 11.6 Å². The van der Waals surface area contributed by atoms with E-state index < -0.39 is 17.8 Å². The summed E-state index contributed by atoms with van der Waals surface area (Å²) in [6, 6.07) is 3.11. The summed E-state index contributed by atoms with van der Waals surface area (Å²) in [6.45, 7) is 1.19. The normalized spacial score (nSPS) is 10.8. The first-order chi connectivity index (χ1) is 11.5. The Hall–Kier alpha value is -3.23. The highest BCUT2D eigenvalue weighted by Gasteiger charge is 2.17. The van der Waals surface area contributed by atoms with Gasteiger partial charge in [0.05, 0.1) is 18.0 Å². The van der Waals surface area contributed by atoms with Crippen LogP contribution in [0.3, 0.4) is 0 Å². The van der Waals surface area contributed by atoms with Gasteiger partial charge in [0.15, 0.2) is 23.0 Å². The lowest BCUT2D eigenvalue weighted by Gasteiger charge is -2.09.